The number of amides is 1. The molecule has 8 heteroatoms. The fourth-order valence-electron chi connectivity index (χ4n) is 4.87. The van der Waals surface area contributed by atoms with Crippen molar-refractivity contribution in [1.29, 1.82) is 0 Å². The standard InChI is InChI=1S/C31H30ClN3O3S/c1-18(29(36)35-26-12-11-21(32)17-33-26)38-30(37)27-23-9-5-6-10-25(23)34-28-19(15-22-8-7-13-39-22)14-20(16-24(27)28)31(2,3)4/h5-13,15,17-18,20H,14,16H2,1-4H3,(H,33,35,36)/b19-15+/t18-,20-/m0/s1. The molecule has 1 aliphatic rings. The van der Waals surface area contributed by atoms with Gasteiger partial charge in [-0.15, -0.1) is 11.3 Å². The highest BCUT2D eigenvalue weighted by molar-refractivity contribution is 7.10. The molecule has 39 heavy (non-hydrogen) atoms. The molecule has 4 aromatic rings. The van der Waals surface area contributed by atoms with Crippen molar-refractivity contribution in [2.45, 2.75) is 46.6 Å². The molecule has 1 N–H and O–H groups in total. The van der Waals surface area contributed by atoms with Crippen molar-refractivity contribution in [3.63, 3.8) is 0 Å². The van der Waals surface area contributed by atoms with E-state index in [1.165, 1.54) is 6.20 Å². The second-order valence-electron chi connectivity index (χ2n) is 10.9. The van der Waals surface area contributed by atoms with E-state index in [-0.39, 0.29) is 5.41 Å². The molecule has 3 aromatic heterocycles. The van der Waals surface area contributed by atoms with Gasteiger partial charge in [0.2, 0.25) is 0 Å². The monoisotopic (exact) mass is 559 g/mol. The maximum atomic E-state index is 13.8. The number of pyridine rings is 2. The highest BCUT2D eigenvalue weighted by Crippen LogP contribution is 2.45. The number of esters is 1. The summed E-state index contributed by atoms with van der Waals surface area (Å²) in [6, 6.07) is 14.9. The van der Waals surface area contributed by atoms with Crippen LogP contribution in [0.15, 0.2) is 60.1 Å². The van der Waals surface area contributed by atoms with Crippen LogP contribution >= 0.6 is 22.9 Å². The number of nitrogens with zero attached hydrogens (tertiary/aromatic N) is 2. The Balaban J connectivity index is 1.55. The molecule has 0 unspecified atom stereocenters. The zero-order valence-electron chi connectivity index (χ0n) is 22.3. The lowest BCUT2D eigenvalue weighted by Crippen LogP contribution is -2.32. The summed E-state index contributed by atoms with van der Waals surface area (Å²) in [4.78, 5) is 37.0. The van der Waals surface area contributed by atoms with Crippen LogP contribution in [0.2, 0.25) is 5.02 Å². The third kappa shape index (κ3) is 5.89. The first-order chi connectivity index (χ1) is 18.6. The maximum absolute atomic E-state index is 13.8. The third-order valence-electron chi connectivity index (χ3n) is 7.13. The second-order valence-corrected chi connectivity index (χ2v) is 12.3. The topological polar surface area (TPSA) is 81.2 Å². The number of halogens is 1. The molecule has 0 spiro atoms. The highest BCUT2D eigenvalue weighted by atomic mass is 35.5. The molecule has 0 fully saturated rings. The number of benzene rings is 1. The molecule has 5 rings (SSSR count). The van der Waals surface area contributed by atoms with Crippen LogP contribution in [0.1, 0.15) is 60.6 Å². The lowest BCUT2D eigenvalue weighted by Gasteiger charge is -2.36. The summed E-state index contributed by atoms with van der Waals surface area (Å²) in [5.41, 5.74) is 4.02. The number of hydrogen-bond donors (Lipinski definition) is 1. The van der Waals surface area contributed by atoms with E-state index in [4.69, 9.17) is 21.3 Å². The SMILES string of the molecule is C[C@H](OC(=O)c1c2c(nc3ccccc13)/C(=C/c1cccs1)C[C@H](C(C)(C)C)C2)C(=O)Nc1ccc(Cl)cn1. The number of para-hydroxylation sites is 1. The molecule has 0 saturated carbocycles. The number of carbonyl (C=O) groups excluding carboxylic acids is 2. The minimum Gasteiger partial charge on any atom is -0.449 e. The zero-order chi connectivity index (χ0) is 27.7. The molecular weight excluding hydrogens is 530 g/mol. The van der Waals surface area contributed by atoms with Crippen LogP contribution in [0.25, 0.3) is 22.6 Å². The van der Waals surface area contributed by atoms with Crippen molar-refractivity contribution in [2.24, 2.45) is 11.3 Å². The number of allylic oxidation sites excluding steroid dienone is 1. The molecule has 0 radical (unpaired) electrons. The van der Waals surface area contributed by atoms with Crippen LogP contribution in [-0.2, 0) is 16.0 Å². The molecule has 0 bridgehead atoms. The number of thiophene rings is 1. The molecule has 2 atom stereocenters. The average Bonchev–Trinajstić information content (AvgIpc) is 3.41. The van der Waals surface area contributed by atoms with Gasteiger partial charge in [-0.3, -0.25) is 4.79 Å². The van der Waals surface area contributed by atoms with Crippen LogP contribution < -0.4 is 5.32 Å². The molecule has 6 nitrogen and oxygen atoms in total. The number of rotatable bonds is 5. The molecule has 0 saturated heterocycles. The predicted octanol–water partition coefficient (Wildman–Crippen LogP) is 7.68. The summed E-state index contributed by atoms with van der Waals surface area (Å²) in [6.45, 7) is 8.25. The highest BCUT2D eigenvalue weighted by Gasteiger charge is 2.36. The average molecular weight is 560 g/mol. The fourth-order valence-corrected chi connectivity index (χ4v) is 5.66. The third-order valence-corrected chi connectivity index (χ3v) is 8.18. The summed E-state index contributed by atoms with van der Waals surface area (Å²) >= 11 is 7.56. The van der Waals surface area contributed by atoms with Gasteiger partial charge in [-0.1, -0.05) is 56.6 Å². The van der Waals surface area contributed by atoms with Crippen molar-refractivity contribution in [3.05, 3.63) is 86.8 Å². The van der Waals surface area contributed by atoms with Crippen LogP contribution in [0.4, 0.5) is 5.82 Å². The van der Waals surface area contributed by atoms with Gasteiger partial charge < -0.3 is 10.1 Å². The van der Waals surface area contributed by atoms with Crippen molar-refractivity contribution in [2.75, 3.05) is 5.32 Å². The molecule has 1 amide bonds. The van der Waals surface area contributed by atoms with E-state index in [9.17, 15) is 9.59 Å². The molecular formula is C31H30ClN3O3S. The number of ether oxygens (including phenoxy) is 1. The summed E-state index contributed by atoms with van der Waals surface area (Å²) in [7, 11) is 0. The van der Waals surface area contributed by atoms with E-state index in [1.54, 1.807) is 30.4 Å². The summed E-state index contributed by atoms with van der Waals surface area (Å²) in [6.07, 6.45) is 4.14. The van der Waals surface area contributed by atoms with Gasteiger partial charge in [-0.05, 0) is 78.0 Å². The van der Waals surface area contributed by atoms with Gasteiger partial charge >= 0.3 is 5.97 Å². The summed E-state index contributed by atoms with van der Waals surface area (Å²) < 4.78 is 5.78. The fraction of sp³-hybridized carbons (Fsp3) is 0.290. The van der Waals surface area contributed by atoms with E-state index >= 15 is 0 Å². The molecule has 1 aromatic carbocycles. The number of aromatic nitrogens is 2. The molecule has 0 aliphatic heterocycles. The Morgan fingerprint density at radius 3 is 2.62 bits per heavy atom. The van der Waals surface area contributed by atoms with Gasteiger partial charge in [0.05, 0.1) is 21.8 Å². The normalized spacial score (nSPS) is 17.1. The van der Waals surface area contributed by atoms with Gasteiger partial charge in [0.1, 0.15) is 5.82 Å². The summed E-state index contributed by atoms with van der Waals surface area (Å²) in [5, 5.41) is 5.91. The summed E-state index contributed by atoms with van der Waals surface area (Å²) in [5.74, 6) is -0.393. The number of nitrogens with one attached hydrogen (secondary N) is 1. The van der Waals surface area contributed by atoms with Crippen molar-refractivity contribution >= 4 is 63.2 Å². The van der Waals surface area contributed by atoms with Gasteiger partial charge in [0, 0.05) is 16.5 Å². The van der Waals surface area contributed by atoms with Crippen molar-refractivity contribution in [1.82, 2.24) is 9.97 Å². The number of hydrogen-bond acceptors (Lipinski definition) is 6. The van der Waals surface area contributed by atoms with E-state index in [1.807, 2.05) is 30.3 Å². The quantitative estimate of drug-likeness (QED) is 0.254. The Morgan fingerprint density at radius 1 is 1.13 bits per heavy atom. The number of anilines is 1. The van der Waals surface area contributed by atoms with E-state index in [2.05, 4.69) is 48.6 Å². The van der Waals surface area contributed by atoms with Gasteiger partial charge in [-0.2, -0.15) is 0 Å². The Kier molecular flexibility index (Phi) is 7.56. The predicted molar refractivity (Wildman–Crippen MR) is 158 cm³/mol. The Hall–Kier alpha value is -3.55. The lowest BCUT2D eigenvalue weighted by molar-refractivity contribution is -0.123. The van der Waals surface area contributed by atoms with Crippen LogP contribution in [0, 0.1) is 11.3 Å². The minimum atomic E-state index is -1.04. The Bertz CT molecular complexity index is 1560. The van der Waals surface area contributed by atoms with Gasteiger partial charge in [0.25, 0.3) is 5.91 Å². The van der Waals surface area contributed by atoms with Gasteiger partial charge in [0.15, 0.2) is 6.10 Å². The number of carbonyl (C=O) groups is 2. The molecule has 3 heterocycles. The minimum absolute atomic E-state index is 0.0117. The van der Waals surface area contributed by atoms with Crippen LogP contribution in [0.5, 0.6) is 0 Å². The maximum Gasteiger partial charge on any atom is 0.339 e. The zero-order valence-corrected chi connectivity index (χ0v) is 23.9. The second kappa shape index (κ2) is 10.9. The first-order valence-corrected chi connectivity index (χ1v) is 14.2. The molecule has 200 valence electrons. The van der Waals surface area contributed by atoms with Gasteiger partial charge in [-0.25, -0.2) is 14.8 Å². The van der Waals surface area contributed by atoms with E-state index in [0.29, 0.717) is 28.7 Å². The van der Waals surface area contributed by atoms with Crippen LogP contribution in [-0.4, -0.2) is 27.9 Å². The largest absolute Gasteiger partial charge is 0.449 e. The lowest BCUT2D eigenvalue weighted by atomic mass is 9.69. The smallest absolute Gasteiger partial charge is 0.339 e. The van der Waals surface area contributed by atoms with Crippen molar-refractivity contribution in [3.8, 4) is 0 Å². The van der Waals surface area contributed by atoms with E-state index < -0.39 is 18.0 Å². The first-order valence-electron chi connectivity index (χ1n) is 12.9. The Labute approximate surface area is 237 Å². The number of fused-ring (bicyclic) bond motifs is 2. The van der Waals surface area contributed by atoms with Crippen LogP contribution in [0.3, 0.4) is 0 Å². The first kappa shape index (κ1) is 27.0. The molecule has 1 aliphatic carbocycles. The Morgan fingerprint density at radius 2 is 1.92 bits per heavy atom. The van der Waals surface area contributed by atoms with E-state index in [0.717, 1.165) is 39.0 Å². The van der Waals surface area contributed by atoms with Crippen molar-refractivity contribution < 1.29 is 14.3 Å².